The van der Waals surface area contributed by atoms with Crippen LogP contribution < -0.4 is 0 Å². The van der Waals surface area contributed by atoms with Gasteiger partial charge in [-0.3, -0.25) is 14.8 Å². The van der Waals surface area contributed by atoms with Crippen molar-refractivity contribution in [2.24, 2.45) is 13.0 Å². The fourth-order valence-corrected chi connectivity index (χ4v) is 1.81. The summed E-state index contributed by atoms with van der Waals surface area (Å²) in [6.07, 6.45) is 0.882. The largest absolute Gasteiger partial charge is 0.265 e. The van der Waals surface area contributed by atoms with Crippen LogP contribution in [0.5, 0.6) is 0 Å². The summed E-state index contributed by atoms with van der Waals surface area (Å²) < 4.78 is 1.53. The van der Waals surface area contributed by atoms with Crippen molar-refractivity contribution in [3.63, 3.8) is 0 Å². The van der Waals surface area contributed by atoms with Gasteiger partial charge in [0.15, 0.2) is 0 Å². The van der Waals surface area contributed by atoms with Crippen LogP contribution >= 0.6 is 11.6 Å². The molecule has 1 rings (SSSR count). The number of hydrogen-bond acceptors (Lipinski definition) is 3. The molecule has 0 aliphatic heterocycles. The third-order valence-corrected chi connectivity index (χ3v) is 3.25. The number of halogens is 1. The van der Waals surface area contributed by atoms with Gasteiger partial charge in [-0.25, -0.2) is 0 Å². The van der Waals surface area contributed by atoms with Crippen LogP contribution in [0.4, 0.5) is 0 Å². The fourth-order valence-electron chi connectivity index (χ4n) is 1.66. The summed E-state index contributed by atoms with van der Waals surface area (Å²) in [4.78, 5) is 10.3. The standard InChI is InChI=1S/C10H16ClN3O2/c1-4-7(2)8(6-14(15)16)9-5-10(11)13(3)12-9/h5,7-8H,4,6H2,1-3H3/t7?,8-/m0/s1. The molecule has 90 valence electrons. The molecule has 0 radical (unpaired) electrons. The summed E-state index contributed by atoms with van der Waals surface area (Å²) in [5.74, 6) is 0.0510. The molecule has 0 fully saturated rings. The van der Waals surface area contributed by atoms with Crippen molar-refractivity contribution >= 4 is 11.6 Å². The third-order valence-electron chi connectivity index (χ3n) is 2.90. The third kappa shape index (κ3) is 2.95. The van der Waals surface area contributed by atoms with Gasteiger partial charge in [0, 0.05) is 12.0 Å². The van der Waals surface area contributed by atoms with Crippen LogP contribution in [0.2, 0.25) is 5.15 Å². The second kappa shape index (κ2) is 5.30. The minimum atomic E-state index is -0.292. The van der Waals surface area contributed by atoms with E-state index in [0.29, 0.717) is 10.8 Å². The van der Waals surface area contributed by atoms with E-state index in [4.69, 9.17) is 11.6 Å². The number of nitro groups is 1. The second-order valence-electron chi connectivity index (χ2n) is 4.02. The van der Waals surface area contributed by atoms with E-state index in [1.807, 2.05) is 13.8 Å². The quantitative estimate of drug-likeness (QED) is 0.591. The highest BCUT2D eigenvalue weighted by atomic mass is 35.5. The normalized spacial score (nSPS) is 14.8. The van der Waals surface area contributed by atoms with Crippen LogP contribution in [0.3, 0.4) is 0 Å². The maximum Gasteiger partial charge on any atom is 0.212 e. The summed E-state index contributed by atoms with van der Waals surface area (Å²) >= 11 is 5.89. The van der Waals surface area contributed by atoms with Gasteiger partial charge in [0.25, 0.3) is 0 Å². The van der Waals surface area contributed by atoms with E-state index < -0.39 is 0 Å². The van der Waals surface area contributed by atoms with Crippen molar-refractivity contribution in [3.8, 4) is 0 Å². The molecule has 0 aromatic carbocycles. The number of aromatic nitrogens is 2. The Hall–Kier alpha value is -1.10. The molecule has 0 saturated carbocycles. The van der Waals surface area contributed by atoms with E-state index in [1.165, 1.54) is 4.68 Å². The maximum atomic E-state index is 10.6. The predicted molar refractivity (Wildman–Crippen MR) is 62.3 cm³/mol. The van der Waals surface area contributed by atoms with Crippen LogP contribution in [0, 0.1) is 16.0 Å². The molecule has 0 saturated heterocycles. The van der Waals surface area contributed by atoms with E-state index in [0.717, 1.165) is 6.42 Å². The molecule has 1 heterocycles. The molecule has 6 heteroatoms. The van der Waals surface area contributed by atoms with E-state index in [1.54, 1.807) is 13.1 Å². The van der Waals surface area contributed by atoms with Gasteiger partial charge in [0.2, 0.25) is 6.54 Å². The van der Waals surface area contributed by atoms with E-state index in [9.17, 15) is 10.1 Å². The van der Waals surface area contributed by atoms with E-state index in [2.05, 4.69) is 5.10 Å². The molecule has 1 aromatic heterocycles. The van der Waals surface area contributed by atoms with Crippen LogP contribution in [0.1, 0.15) is 31.9 Å². The minimum absolute atomic E-state index is 0.0949. The lowest BCUT2D eigenvalue weighted by Gasteiger charge is -2.16. The van der Waals surface area contributed by atoms with Gasteiger partial charge >= 0.3 is 0 Å². The van der Waals surface area contributed by atoms with Crippen molar-refractivity contribution in [2.45, 2.75) is 26.2 Å². The number of nitrogens with zero attached hydrogens (tertiary/aromatic N) is 3. The average molecular weight is 246 g/mol. The highest BCUT2D eigenvalue weighted by molar-refractivity contribution is 6.29. The summed E-state index contributed by atoms with van der Waals surface area (Å²) in [6, 6.07) is 1.71. The topological polar surface area (TPSA) is 61.0 Å². The second-order valence-corrected chi connectivity index (χ2v) is 4.41. The Balaban J connectivity index is 2.95. The van der Waals surface area contributed by atoms with Gasteiger partial charge in [-0.05, 0) is 12.0 Å². The molecule has 1 aromatic rings. The highest BCUT2D eigenvalue weighted by Gasteiger charge is 2.26. The minimum Gasteiger partial charge on any atom is -0.265 e. The van der Waals surface area contributed by atoms with Crippen LogP contribution in [0.25, 0.3) is 0 Å². The molecule has 0 spiro atoms. The first-order valence-corrected chi connectivity index (χ1v) is 5.64. The molecule has 16 heavy (non-hydrogen) atoms. The Kier molecular flexibility index (Phi) is 4.29. The molecule has 0 N–H and O–H groups in total. The fraction of sp³-hybridized carbons (Fsp3) is 0.700. The number of aryl methyl sites for hydroxylation is 1. The van der Waals surface area contributed by atoms with Gasteiger partial charge in [-0.1, -0.05) is 31.9 Å². The van der Waals surface area contributed by atoms with Gasteiger partial charge in [0.05, 0.1) is 11.6 Å². The lowest BCUT2D eigenvalue weighted by molar-refractivity contribution is -0.485. The molecule has 1 unspecified atom stereocenters. The summed E-state index contributed by atoms with van der Waals surface area (Å²) in [6.45, 7) is 3.92. The number of rotatable bonds is 5. The molecule has 0 aliphatic carbocycles. The molecule has 0 bridgehead atoms. The van der Waals surface area contributed by atoms with Gasteiger partial charge in [-0.15, -0.1) is 0 Å². The molecular weight excluding hydrogens is 230 g/mol. The van der Waals surface area contributed by atoms with Gasteiger partial charge < -0.3 is 0 Å². The lowest BCUT2D eigenvalue weighted by Crippen LogP contribution is -2.19. The van der Waals surface area contributed by atoms with Crippen molar-refractivity contribution in [1.82, 2.24) is 9.78 Å². The Morgan fingerprint density at radius 3 is 2.69 bits per heavy atom. The zero-order valence-electron chi connectivity index (χ0n) is 9.68. The summed E-state index contributed by atoms with van der Waals surface area (Å²) in [5.41, 5.74) is 0.707. The summed E-state index contributed by atoms with van der Waals surface area (Å²) in [5, 5.41) is 15.4. The average Bonchev–Trinajstić information content (AvgIpc) is 2.54. The molecule has 5 nitrogen and oxygen atoms in total. The monoisotopic (exact) mass is 245 g/mol. The van der Waals surface area contributed by atoms with Crippen molar-refractivity contribution in [1.29, 1.82) is 0 Å². The first-order valence-electron chi connectivity index (χ1n) is 5.27. The smallest absolute Gasteiger partial charge is 0.212 e. The Labute approximate surface area is 99.5 Å². The van der Waals surface area contributed by atoms with E-state index in [-0.39, 0.29) is 23.3 Å². The zero-order chi connectivity index (χ0) is 12.3. The lowest BCUT2D eigenvalue weighted by atomic mass is 9.89. The zero-order valence-corrected chi connectivity index (χ0v) is 10.4. The highest BCUT2D eigenvalue weighted by Crippen LogP contribution is 2.27. The van der Waals surface area contributed by atoms with Crippen LogP contribution in [-0.4, -0.2) is 21.2 Å². The maximum absolute atomic E-state index is 10.6. The molecule has 0 aliphatic rings. The van der Waals surface area contributed by atoms with Gasteiger partial charge in [-0.2, -0.15) is 5.10 Å². The Morgan fingerprint density at radius 2 is 2.31 bits per heavy atom. The van der Waals surface area contributed by atoms with Crippen molar-refractivity contribution in [3.05, 3.63) is 27.0 Å². The molecule has 0 amide bonds. The predicted octanol–water partition coefficient (Wildman–Crippen LogP) is 2.48. The number of hydrogen-bond donors (Lipinski definition) is 0. The Bertz CT molecular complexity index is 359. The van der Waals surface area contributed by atoms with Crippen LogP contribution in [0.15, 0.2) is 6.07 Å². The van der Waals surface area contributed by atoms with Crippen LogP contribution in [-0.2, 0) is 7.05 Å². The van der Waals surface area contributed by atoms with Crippen molar-refractivity contribution in [2.75, 3.05) is 6.54 Å². The van der Waals surface area contributed by atoms with E-state index >= 15 is 0 Å². The SMILES string of the molecule is CCC(C)[C@H](C[N+](=O)[O-])c1cc(Cl)n(C)n1. The molecule has 2 atom stereocenters. The van der Waals surface area contributed by atoms with Crippen molar-refractivity contribution < 1.29 is 4.92 Å². The molecular formula is C10H16ClN3O2. The summed E-state index contributed by atoms with van der Waals surface area (Å²) in [7, 11) is 1.73. The first-order chi connectivity index (χ1) is 7.45. The first kappa shape index (κ1) is 13.0. The Morgan fingerprint density at radius 1 is 1.69 bits per heavy atom. The van der Waals surface area contributed by atoms with Gasteiger partial charge in [0.1, 0.15) is 5.15 Å².